The van der Waals surface area contributed by atoms with Crippen molar-refractivity contribution in [2.45, 2.75) is 66.2 Å². The van der Waals surface area contributed by atoms with E-state index >= 15 is 0 Å². The molecule has 1 rings (SSSR count). The standard InChI is InChI=1S/C13H26/c1-5-11-7-9-12(10-8-11)13(3,4)6-2/h11-12H,5-10H2,1-4H3. The van der Waals surface area contributed by atoms with Gasteiger partial charge in [0.15, 0.2) is 0 Å². The molecule has 0 aliphatic heterocycles. The van der Waals surface area contributed by atoms with Crippen molar-refractivity contribution in [1.29, 1.82) is 0 Å². The first-order chi connectivity index (χ1) is 6.10. The zero-order valence-corrected chi connectivity index (χ0v) is 9.90. The molecule has 78 valence electrons. The Bertz CT molecular complexity index is 138. The fourth-order valence-corrected chi connectivity index (χ4v) is 2.64. The van der Waals surface area contributed by atoms with Crippen LogP contribution in [-0.4, -0.2) is 0 Å². The molecule has 0 spiro atoms. The molecule has 1 fully saturated rings. The zero-order valence-electron chi connectivity index (χ0n) is 9.90. The SMILES string of the molecule is CCC1CCC(C(C)(C)CC)CC1. The third-order valence-electron chi connectivity index (χ3n) is 4.44. The second-order valence-electron chi connectivity index (χ2n) is 5.47. The van der Waals surface area contributed by atoms with Gasteiger partial charge in [-0.3, -0.25) is 0 Å². The minimum Gasteiger partial charge on any atom is -0.0651 e. The van der Waals surface area contributed by atoms with E-state index in [-0.39, 0.29) is 0 Å². The zero-order chi connectivity index (χ0) is 9.90. The molecule has 0 radical (unpaired) electrons. The molecule has 1 aliphatic rings. The van der Waals surface area contributed by atoms with Gasteiger partial charge in [0.05, 0.1) is 0 Å². The molecule has 0 unspecified atom stereocenters. The molecular weight excluding hydrogens is 156 g/mol. The maximum absolute atomic E-state index is 2.45. The van der Waals surface area contributed by atoms with Gasteiger partial charge >= 0.3 is 0 Å². The summed E-state index contributed by atoms with van der Waals surface area (Å²) in [5, 5.41) is 0. The van der Waals surface area contributed by atoms with Gasteiger partial charge in [-0.2, -0.15) is 0 Å². The molecule has 13 heavy (non-hydrogen) atoms. The van der Waals surface area contributed by atoms with Gasteiger partial charge < -0.3 is 0 Å². The normalized spacial score (nSPS) is 30.5. The van der Waals surface area contributed by atoms with Crippen molar-refractivity contribution in [1.82, 2.24) is 0 Å². The van der Waals surface area contributed by atoms with Crippen molar-refractivity contribution in [3.63, 3.8) is 0 Å². The highest BCUT2D eigenvalue weighted by Crippen LogP contribution is 2.42. The van der Waals surface area contributed by atoms with Crippen LogP contribution in [0.1, 0.15) is 66.2 Å². The average Bonchev–Trinajstić information content (AvgIpc) is 2.18. The molecular formula is C13H26. The van der Waals surface area contributed by atoms with Gasteiger partial charge in [-0.05, 0) is 30.1 Å². The average molecular weight is 182 g/mol. The Balaban J connectivity index is 2.40. The van der Waals surface area contributed by atoms with Gasteiger partial charge in [0.2, 0.25) is 0 Å². The second-order valence-corrected chi connectivity index (χ2v) is 5.47. The summed E-state index contributed by atoms with van der Waals surface area (Å²) in [4.78, 5) is 0. The van der Waals surface area contributed by atoms with E-state index in [1.807, 2.05) is 0 Å². The Hall–Kier alpha value is 0. The number of hydrogen-bond acceptors (Lipinski definition) is 0. The van der Waals surface area contributed by atoms with Crippen molar-refractivity contribution in [2.75, 3.05) is 0 Å². The van der Waals surface area contributed by atoms with Gasteiger partial charge in [-0.15, -0.1) is 0 Å². The number of rotatable bonds is 3. The Morgan fingerprint density at radius 3 is 1.92 bits per heavy atom. The molecule has 0 N–H and O–H groups in total. The first-order valence-electron chi connectivity index (χ1n) is 6.10. The summed E-state index contributed by atoms with van der Waals surface area (Å²) in [6.45, 7) is 9.58. The predicted molar refractivity (Wildman–Crippen MR) is 59.8 cm³/mol. The van der Waals surface area contributed by atoms with Crippen molar-refractivity contribution in [3.05, 3.63) is 0 Å². The van der Waals surface area contributed by atoms with Crippen LogP contribution in [0.2, 0.25) is 0 Å². The van der Waals surface area contributed by atoms with E-state index in [2.05, 4.69) is 27.7 Å². The molecule has 1 aliphatic carbocycles. The van der Waals surface area contributed by atoms with E-state index in [1.165, 1.54) is 38.5 Å². The van der Waals surface area contributed by atoms with E-state index in [0.717, 1.165) is 11.8 Å². The summed E-state index contributed by atoms with van der Waals surface area (Å²) in [5.41, 5.74) is 0.596. The fraction of sp³-hybridized carbons (Fsp3) is 1.00. The molecule has 0 saturated heterocycles. The molecule has 0 aromatic rings. The summed E-state index contributed by atoms with van der Waals surface area (Å²) in [6, 6.07) is 0. The Labute approximate surface area is 84.1 Å². The highest BCUT2D eigenvalue weighted by Gasteiger charge is 2.30. The maximum Gasteiger partial charge on any atom is -0.0329 e. The summed E-state index contributed by atoms with van der Waals surface area (Å²) < 4.78 is 0. The minimum atomic E-state index is 0.596. The lowest BCUT2D eigenvalue weighted by Crippen LogP contribution is -2.27. The monoisotopic (exact) mass is 182 g/mol. The topological polar surface area (TPSA) is 0 Å². The van der Waals surface area contributed by atoms with Crippen LogP contribution >= 0.6 is 0 Å². The second kappa shape index (κ2) is 4.48. The molecule has 0 bridgehead atoms. The first-order valence-corrected chi connectivity index (χ1v) is 6.10. The molecule has 0 heteroatoms. The lowest BCUT2D eigenvalue weighted by Gasteiger charge is -2.38. The van der Waals surface area contributed by atoms with E-state index in [4.69, 9.17) is 0 Å². The van der Waals surface area contributed by atoms with Crippen LogP contribution in [-0.2, 0) is 0 Å². The molecule has 0 atom stereocenters. The van der Waals surface area contributed by atoms with E-state index < -0.39 is 0 Å². The first kappa shape index (κ1) is 11.1. The van der Waals surface area contributed by atoms with E-state index in [1.54, 1.807) is 0 Å². The summed E-state index contributed by atoms with van der Waals surface area (Å²) in [6.07, 6.45) is 8.70. The van der Waals surface area contributed by atoms with E-state index in [0.29, 0.717) is 5.41 Å². The van der Waals surface area contributed by atoms with Gasteiger partial charge in [0.1, 0.15) is 0 Å². The van der Waals surface area contributed by atoms with Gasteiger partial charge in [-0.1, -0.05) is 53.4 Å². The third kappa shape index (κ3) is 2.72. The van der Waals surface area contributed by atoms with Crippen LogP contribution in [0.5, 0.6) is 0 Å². The lowest BCUT2D eigenvalue weighted by molar-refractivity contribution is 0.127. The molecule has 0 heterocycles. The molecule has 0 aromatic heterocycles. The maximum atomic E-state index is 2.45. The predicted octanol–water partition coefficient (Wildman–Crippen LogP) is 4.64. The fourth-order valence-electron chi connectivity index (χ4n) is 2.64. The summed E-state index contributed by atoms with van der Waals surface area (Å²) >= 11 is 0. The van der Waals surface area contributed by atoms with Crippen molar-refractivity contribution in [2.24, 2.45) is 17.3 Å². The molecule has 0 aromatic carbocycles. The molecule has 1 saturated carbocycles. The van der Waals surface area contributed by atoms with Crippen molar-refractivity contribution >= 4 is 0 Å². The quantitative estimate of drug-likeness (QED) is 0.596. The Morgan fingerprint density at radius 1 is 1.00 bits per heavy atom. The molecule has 0 nitrogen and oxygen atoms in total. The van der Waals surface area contributed by atoms with Crippen LogP contribution in [0, 0.1) is 17.3 Å². The summed E-state index contributed by atoms with van der Waals surface area (Å²) in [7, 11) is 0. The van der Waals surface area contributed by atoms with Crippen LogP contribution in [0.4, 0.5) is 0 Å². The summed E-state index contributed by atoms with van der Waals surface area (Å²) in [5.74, 6) is 2.05. The Kier molecular flexibility index (Phi) is 3.82. The van der Waals surface area contributed by atoms with Crippen LogP contribution in [0.25, 0.3) is 0 Å². The van der Waals surface area contributed by atoms with Crippen LogP contribution in [0.15, 0.2) is 0 Å². The highest BCUT2D eigenvalue weighted by atomic mass is 14.4. The largest absolute Gasteiger partial charge is 0.0651 e. The van der Waals surface area contributed by atoms with Gasteiger partial charge in [0, 0.05) is 0 Å². The van der Waals surface area contributed by atoms with Crippen LogP contribution in [0.3, 0.4) is 0 Å². The number of hydrogen-bond donors (Lipinski definition) is 0. The van der Waals surface area contributed by atoms with Crippen LogP contribution < -0.4 is 0 Å². The smallest absolute Gasteiger partial charge is 0.0329 e. The molecule has 0 amide bonds. The lowest BCUT2D eigenvalue weighted by atomic mass is 9.67. The van der Waals surface area contributed by atoms with Gasteiger partial charge in [-0.25, -0.2) is 0 Å². The van der Waals surface area contributed by atoms with Gasteiger partial charge in [0.25, 0.3) is 0 Å². The minimum absolute atomic E-state index is 0.596. The highest BCUT2D eigenvalue weighted by molar-refractivity contribution is 4.82. The van der Waals surface area contributed by atoms with Crippen molar-refractivity contribution < 1.29 is 0 Å². The van der Waals surface area contributed by atoms with E-state index in [9.17, 15) is 0 Å². The third-order valence-corrected chi connectivity index (χ3v) is 4.44. The Morgan fingerprint density at radius 2 is 1.54 bits per heavy atom. The van der Waals surface area contributed by atoms with Crippen molar-refractivity contribution in [3.8, 4) is 0 Å².